The number of ketones is 1. The Balaban J connectivity index is 2.35. The Labute approximate surface area is 145 Å². The molecule has 0 amide bonds. The van der Waals surface area contributed by atoms with E-state index in [4.69, 9.17) is 4.74 Å². The molecule has 2 aliphatic carbocycles. The maximum absolute atomic E-state index is 12.2. The van der Waals surface area contributed by atoms with Gasteiger partial charge in [-0.2, -0.15) is 0 Å². The van der Waals surface area contributed by atoms with Gasteiger partial charge in [-0.25, -0.2) is 4.79 Å². The van der Waals surface area contributed by atoms with Crippen LogP contribution < -0.4 is 0 Å². The molecule has 4 nitrogen and oxygen atoms in total. The lowest BCUT2D eigenvalue weighted by Gasteiger charge is -2.55. The van der Waals surface area contributed by atoms with E-state index in [1.807, 2.05) is 6.92 Å². The van der Waals surface area contributed by atoms with Crippen LogP contribution >= 0.6 is 0 Å². The third-order valence-electron chi connectivity index (χ3n) is 6.39. The van der Waals surface area contributed by atoms with Gasteiger partial charge in [-0.1, -0.05) is 32.1 Å². The Morgan fingerprint density at radius 3 is 2.54 bits per heavy atom. The number of ether oxygens (including phenoxy) is 1. The first-order valence-corrected chi connectivity index (χ1v) is 8.80. The van der Waals surface area contributed by atoms with Crippen LogP contribution in [0.2, 0.25) is 0 Å². The Hall–Kier alpha value is -1.42. The highest BCUT2D eigenvalue weighted by Crippen LogP contribution is 2.55. The van der Waals surface area contributed by atoms with Gasteiger partial charge in [-0.3, -0.25) is 4.79 Å². The molecule has 0 heterocycles. The van der Waals surface area contributed by atoms with Gasteiger partial charge in [0.25, 0.3) is 0 Å². The molecule has 0 bridgehead atoms. The summed E-state index contributed by atoms with van der Waals surface area (Å²) in [6.07, 6.45) is 1.92. The number of rotatable bonds is 3. The SMILES string of the molecule is C=C(C)C1CC2(C)C(C)CC(=O)CC2C(O)C1OC(=O)C(C)=CC. The number of fused-ring (bicyclic) bond motifs is 1. The number of esters is 1. The van der Waals surface area contributed by atoms with E-state index in [9.17, 15) is 14.7 Å². The second-order valence-corrected chi connectivity index (χ2v) is 7.95. The van der Waals surface area contributed by atoms with Gasteiger partial charge in [0.15, 0.2) is 0 Å². The first kappa shape index (κ1) is 18.9. The van der Waals surface area contributed by atoms with E-state index in [2.05, 4.69) is 20.4 Å². The zero-order valence-electron chi connectivity index (χ0n) is 15.5. The maximum atomic E-state index is 12.2. The summed E-state index contributed by atoms with van der Waals surface area (Å²) in [7, 11) is 0. The van der Waals surface area contributed by atoms with Gasteiger partial charge in [-0.15, -0.1) is 0 Å². The van der Waals surface area contributed by atoms with Gasteiger partial charge in [0, 0.05) is 30.3 Å². The molecule has 0 aromatic heterocycles. The summed E-state index contributed by atoms with van der Waals surface area (Å²) in [5.74, 6) is -0.285. The summed E-state index contributed by atoms with van der Waals surface area (Å²) in [6, 6.07) is 0. The van der Waals surface area contributed by atoms with Crippen molar-refractivity contribution in [2.45, 2.75) is 66.1 Å². The number of carbonyl (C=O) groups is 2. The molecule has 0 aromatic carbocycles. The number of allylic oxidation sites excluding steroid dienone is 1. The van der Waals surface area contributed by atoms with Crippen LogP contribution in [-0.4, -0.2) is 29.1 Å². The summed E-state index contributed by atoms with van der Waals surface area (Å²) < 4.78 is 5.67. The Bertz CT molecular complexity index is 576. The van der Waals surface area contributed by atoms with Gasteiger partial charge in [0.1, 0.15) is 11.9 Å². The largest absolute Gasteiger partial charge is 0.456 e. The number of aliphatic hydroxyl groups is 1. The van der Waals surface area contributed by atoms with Gasteiger partial charge in [-0.05, 0) is 38.5 Å². The smallest absolute Gasteiger partial charge is 0.333 e. The van der Waals surface area contributed by atoms with Crippen LogP contribution in [0.1, 0.15) is 53.9 Å². The Morgan fingerprint density at radius 2 is 2.00 bits per heavy atom. The monoisotopic (exact) mass is 334 g/mol. The van der Waals surface area contributed by atoms with Crippen molar-refractivity contribution in [1.82, 2.24) is 0 Å². The summed E-state index contributed by atoms with van der Waals surface area (Å²) >= 11 is 0. The number of hydrogen-bond acceptors (Lipinski definition) is 4. The molecule has 0 spiro atoms. The second kappa shape index (κ2) is 6.83. The summed E-state index contributed by atoms with van der Waals surface area (Å²) in [5.41, 5.74) is 1.29. The minimum absolute atomic E-state index is 0.0921. The highest BCUT2D eigenvalue weighted by atomic mass is 16.6. The van der Waals surface area contributed by atoms with Gasteiger partial charge < -0.3 is 9.84 Å². The van der Waals surface area contributed by atoms with Gasteiger partial charge in [0.2, 0.25) is 0 Å². The van der Waals surface area contributed by atoms with Crippen LogP contribution in [-0.2, 0) is 14.3 Å². The van der Waals surface area contributed by atoms with E-state index in [-0.39, 0.29) is 29.0 Å². The molecule has 4 heteroatoms. The molecule has 2 saturated carbocycles. The van der Waals surface area contributed by atoms with E-state index in [1.165, 1.54) is 0 Å². The fourth-order valence-corrected chi connectivity index (χ4v) is 4.36. The van der Waals surface area contributed by atoms with Crippen LogP contribution in [0.5, 0.6) is 0 Å². The van der Waals surface area contributed by atoms with E-state index in [0.717, 1.165) is 12.0 Å². The highest BCUT2D eigenvalue weighted by Gasteiger charge is 2.56. The molecule has 6 unspecified atom stereocenters. The van der Waals surface area contributed by atoms with Crippen LogP contribution in [0.3, 0.4) is 0 Å². The Morgan fingerprint density at radius 1 is 1.38 bits per heavy atom. The molecular formula is C20H30O4. The molecule has 2 fully saturated rings. The van der Waals surface area contributed by atoms with Crippen molar-refractivity contribution in [3.05, 3.63) is 23.8 Å². The van der Waals surface area contributed by atoms with Crippen molar-refractivity contribution in [2.24, 2.45) is 23.2 Å². The van der Waals surface area contributed by atoms with Crippen molar-refractivity contribution in [2.75, 3.05) is 0 Å². The van der Waals surface area contributed by atoms with Crippen LogP contribution in [0, 0.1) is 23.2 Å². The maximum Gasteiger partial charge on any atom is 0.333 e. The predicted molar refractivity (Wildman–Crippen MR) is 93.2 cm³/mol. The third kappa shape index (κ3) is 3.21. The lowest BCUT2D eigenvalue weighted by Crippen LogP contribution is -2.58. The van der Waals surface area contributed by atoms with E-state index >= 15 is 0 Å². The highest BCUT2D eigenvalue weighted by molar-refractivity contribution is 5.87. The molecular weight excluding hydrogens is 304 g/mol. The standard InChI is InChI=1S/C20H30O4/c1-7-12(4)19(23)24-18-15(11(2)3)10-20(6)13(5)8-14(21)9-16(20)17(18)22/h7,13,15-18,22H,2,8-10H2,1,3-6H3. The first-order valence-electron chi connectivity index (χ1n) is 8.80. The van der Waals surface area contributed by atoms with Crippen LogP contribution in [0.4, 0.5) is 0 Å². The summed E-state index contributed by atoms with van der Waals surface area (Å²) in [4.78, 5) is 24.3. The van der Waals surface area contributed by atoms with Crippen LogP contribution in [0.15, 0.2) is 23.8 Å². The van der Waals surface area contributed by atoms with E-state index < -0.39 is 18.2 Å². The normalized spacial score (nSPS) is 40.0. The molecule has 0 aliphatic heterocycles. The van der Waals surface area contributed by atoms with Crippen molar-refractivity contribution < 1.29 is 19.4 Å². The Kier molecular flexibility index (Phi) is 5.38. The number of carbonyl (C=O) groups excluding carboxylic acids is 2. The molecule has 0 aromatic rings. The molecule has 2 aliphatic rings. The zero-order chi connectivity index (χ0) is 18.2. The van der Waals surface area contributed by atoms with Crippen molar-refractivity contribution in [3.8, 4) is 0 Å². The van der Waals surface area contributed by atoms with Gasteiger partial charge >= 0.3 is 5.97 Å². The molecule has 134 valence electrons. The lowest BCUT2D eigenvalue weighted by molar-refractivity contribution is -0.183. The van der Waals surface area contributed by atoms with E-state index in [1.54, 1.807) is 19.9 Å². The molecule has 1 N–H and O–H groups in total. The average molecular weight is 334 g/mol. The number of aliphatic hydroxyl groups excluding tert-OH is 1. The first-order chi connectivity index (χ1) is 11.1. The predicted octanol–water partition coefficient (Wildman–Crippen LogP) is 3.44. The zero-order valence-corrected chi connectivity index (χ0v) is 15.5. The lowest BCUT2D eigenvalue weighted by atomic mass is 9.51. The van der Waals surface area contributed by atoms with E-state index in [0.29, 0.717) is 18.4 Å². The van der Waals surface area contributed by atoms with Crippen molar-refractivity contribution in [3.63, 3.8) is 0 Å². The minimum atomic E-state index is -0.842. The quantitative estimate of drug-likeness (QED) is 0.488. The molecule has 0 radical (unpaired) electrons. The fraction of sp³-hybridized carbons (Fsp3) is 0.700. The fourth-order valence-electron chi connectivity index (χ4n) is 4.36. The third-order valence-corrected chi connectivity index (χ3v) is 6.39. The van der Waals surface area contributed by atoms with Crippen molar-refractivity contribution in [1.29, 1.82) is 0 Å². The van der Waals surface area contributed by atoms with Crippen molar-refractivity contribution >= 4 is 11.8 Å². The van der Waals surface area contributed by atoms with Gasteiger partial charge in [0.05, 0.1) is 6.10 Å². The average Bonchev–Trinajstić information content (AvgIpc) is 2.51. The summed E-state index contributed by atoms with van der Waals surface area (Å²) in [5, 5.41) is 11.0. The molecule has 24 heavy (non-hydrogen) atoms. The number of hydrogen-bond donors (Lipinski definition) is 1. The molecule has 2 rings (SSSR count). The molecule has 6 atom stereocenters. The van der Waals surface area contributed by atoms with Crippen LogP contribution in [0.25, 0.3) is 0 Å². The second-order valence-electron chi connectivity index (χ2n) is 7.95. The molecule has 0 saturated heterocycles. The number of Topliss-reactive ketones (excluding diaryl/α,β-unsaturated/α-hetero) is 1. The topological polar surface area (TPSA) is 63.6 Å². The minimum Gasteiger partial charge on any atom is -0.456 e. The summed E-state index contributed by atoms with van der Waals surface area (Å²) in [6.45, 7) is 13.7.